The molecule has 6 N–H and O–H groups in total. The fraction of sp³-hybridized carbons (Fsp3) is 0.909. The first-order valence-corrected chi connectivity index (χ1v) is 29.7. The Kier molecular flexibility index (Phi) is 43.5. The van der Waals surface area contributed by atoms with Crippen molar-refractivity contribution in [2.24, 2.45) is 0 Å². The molecule has 6 atom stereocenters. The Morgan fingerprint density at radius 3 is 1.24 bits per heavy atom. The van der Waals surface area contributed by atoms with Crippen molar-refractivity contribution in [2.75, 3.05) is 19.8 Å². The summed E-state index contributed by atoms with van der Waals surface area (Å²) in [7, 11) is -5.02. The first-order chi connectivity index (χ1) is 33.0. The molecular weight excluding hydrogens is 884 g/mol. The number of rotatable bonds is 49. The van der Waals surface area contributed by atoms with Gasteiger partial charge in [-0.1, -0.05) is 231 Å². The maximum atomic E-state index is 12.9. The molecule has 1 aliphatic carbocycles. The maximum absolute atomic E-state index is 12.9. The van der Waals surface area contributed by atoms with Crippen molar-refractivity contribution < 1.29 is 58.3 Å². The average Bonchev–Trinajstić information content (AvgIpc) is 3.32. The van der Waals surface area contributed by atoms with E-state index in [2.05, 4.69) is 38.2 Å². The predicted molar refractivity (Wildman–Crippen MR) is 276 cm³/mol. The number of allylic oxidation sites excluding steroid dienone is 4. The average molecular weight is 989 g/mol. The molecule has 0 radical (unpaired) electrons. The predicted octanol–water partition coefficient (Wildman–Crippen LogP) is 13.2. The minimum absolute atomic E-state index is 0.0741. The number of aliphatic hydroxyl groups is 5. The minimum atomic E-state index is -5.02. The fourth-order valence-electron chi connectivity index (χ4n) is 8.86. The normalized spacial score (nSPS) is 21.2. The van der Waals surface area contributed by atoms with Crippen LogP contribution in [0.15, 0.2) is 24.3 Å². The van der Waals surface area contributed by atoms with Crippen LogP contribution in [0.3, 0.4) is 0 Å². The second-order valence-electron chi connectivity index (χ2n) is 19.8. The molecule has 1 rings (SSSR count). The number of carbonyl (C=O) groups is 1. The number of hydrogen-bond donors (Lipinski definition) is 6. The summed E-state index contributed by atoms with van der Waals surface area (Å²) < 4.78 is 34.4. The van der Waals surface area contributed by atoms with Gasteiger partial charge in [-0.05, 0) is 44.9 Å². The molecule has 68 heavy (non-hydrogen) atoms. The van der Waals surface area contributed by atoms with Gasteiger partial charge >= 0.3 is 13.8 Å². The Morgan fingerprint density at radius 1 is 0.471 bits per heavy atom. The zero-order valence-electron chi connectivity index (χ0n) is 43.4. The molecule has 0 bridgehead atoms. The van der Waals surface area contributed by atoms with Crippen molar-refractivity contribution in [1.29, 1.82) is 0 Å². The Hall–Kier alpha value is -1.18. The number of phosphoric ester groups is 1. The van der Waals surface area contributed by atoms with Crippen LogP contribution in [0.5, 0.6) is 0 Å². The Morgan fingerprint density at radius 2 is 0.824 bits per heavy atom. The van der Waals surface area contributed by atoms with Crippen molar-refractivity contribution in [2.45, 2.75) is 301 Å². The molecule has 6 unspecified atom stereocenters. The van der Waals surface area contributed by atoms with Gasteiger partial charge in [0.15, 0.2) is 0 Å². The summed E-state index contributed by atoms with van der Waals surface area (Å²) in [4.78, 5) is 23.3. The van der Waals surface area contributed by atoms with E-state index in [-0.39, 0.29) is 13.0 Å². The van der Waals surface area contributed by atoms with Gasteiger partial charge in [0.25, 0.3) is 0 Å². The molecule has 0 aliphatic heterocycles. The first kappa shape index (κ1) is 64.8. The molecule has 0 spiro atoms. The quantitative estimate of drug-likeness (QED) is 0.0146. The number of phosphoric acid groups is 1. The van der Waals surface area contributed by atoms with E-state index in [1.165, 1.54) is 186 Å². The molecule has 1 saturated carbocycles. The summed E-state index contributed by atoms with van der Waals surface area (Å²) in [5.74, 6) is -0.472. The van der Waals surface area contributed by atoms with Crippen LogP contribution in [0.2, 0.25) is 0 Å². The van der Waals surface area contributed by atoms with Crippen LogP contribution in [-0.4, -0.2) is 98.9 Å². The summed E-state index contributed by atoms with van der Waals surface area (Å²) in [5.41, 5.74) is 0. The lowest BCUT2D eigenvalue weighted by atomic mass is 9.85. The Labute approximate surface area is 415 Å². The van der Waals surface area contributed by atoms with Gasteiger partial charge in [0.2, 0.25) is 0 Å². The zero-order valence-corrected chi connectivity index (χ0v) is 44.3. The van der Waals surface area contributed by atoms with E-state index < -0.39 is 63.1 Å². The van der Waals surface area contributed by atoms with Crippen molar-refractivity contribution in [3.63, 3.8) is 0 Å². The van der Waals surface area contributed by atoms with Gasteiger partial charge in [-0.15, -0.1) is 0 Å². The number of unbranched alkanes of at least 4 members (excludes halogenated alkanes) is 33. The van der Waals surface area contributed by atoms with E-state index in [0.29, 0.717) is 13.0 Å². The smallest absolute Gasteiger partial charge is 0.457 e. The van der Waals surface area contributed by atoms with E-state index in [1.807, 2.05) is 0 Å². The van der Waals surface area contributed by atoms with E-state index in [4.69, 9.17) is 18.5 Å². The van der Waals surface area contributed by atoms with Crippen LogP contribution in [0.25, 0.3) is 0 Å². The highest BCUT2D eigenvalue weighted by atomic mass is 31.2. The van der Waals surface area contributed by atoms with Crippen LogP contribution in [0.4, 0.5) is 0 Å². The van der Waals surface area contributed by atoms with E-state index in [0.717, 1.165) is 44.9 Å². The summed E-state index contributed by atoms with van der Waals surface area (Å²) in [6, 6.07) is 0. The molecule has 1 fully saturated rings. The Balaban J connectivity index is 2.29. The summed E-state index contributed by atoms with van der Waals surface area (Å²) in [5, 5.41) is 50.4. The third-order valence-electron chi connectivity index (χ3n) is 13.3. The summed E-state index contributed by atoms with van der Waals surface area (Å²) in [6.07, 6.45) is 42.4. The second-order valence-corrected chi connectivity index (χ2v) is 21.2. The lowest BCUT2D eigenvalue weighted by Crippen LogP contribution is -2.64. The molecular formula is C55H105O12P. The zero-order chi connectivity index (χ0) is 49.8. The van der Waals surface area contributed by atoms with Gasteiger partial charge < -0.3 is 39.9 Å². The maximum Gasteiger partial charge on any atom is 0.472 e. The molecule has 0 aromatic carbocycles. The standard InChI is InChI=1S/C55H105O12P/c1-3-5-7-9-11-13-15-17-19-21-23-24-25-27-29-31-33-35-37-39-41-43-45-64-46-48(47-65-68(62,63)67-55-53(60)51(58)50(57)52(59)54(55)61)66-49(56)44-42-40-38-36-34-32-30-28-26-22-20-18-16-14-12-10-8-6-4-2/h15,17,21,23,48,50-55,57-61H,3-14,16,18-20,22,24-47H2,1-2H3,(H,62,63)/b17-15-,23-21-. The van der Waals surface area contributed by atoms with Crippen LogP contribution in [0, 0.1) is 0 Å². The molecule has 402 valence electrons. The van der Waals surface area contributed by atoms with E-state index >= 15 is 0 Å². The number of aliphatic hydroxyl groups excluding tert-OH is 5. The second kappa shape index (κ2) is 45.7. The van der Waals surface area contributed by atoms with Gasteiger partial charge in [0.05, 0.1) is 13.2 Å². The highest BCUT2D eigenvalue weighted by molar-refractivity contribution is 7.47. The molecule has 0 aromatic rings. The molecule has 1 aliphatic rings. The molecule has 0 saturated heterocycles. The van der Waals surface area contributed by atoms with Crippen molar-refractivity contribution >= 4 is 13.8 Å². The number of hydrogen-bond acceptors (Lipinski definition) is 11. The number of esters is 1. The number of carbonyl (C=O) groups excluding carboxylic acids is 1. The third kappa shape index (κ3) is 36.7. The van der Waals surface area contributed by atoms with Gasteiger partial charge in [-0.3, -0.25) is 13.8 Å². The summed E-state index contributed by atoms with van der Waals surface area (Å²) in [6.45, 7) is 4.30. The molecule has 0 heterocycles. The van der Waals surface area contributed by atoms with Crippen molar-refractivity contribution in [1.82, 2.24) is 0 Å². The lowest BCUT2D eigenvalue weighted by Gasteiger charge is -2.41. The summed E-state index contributed by atoms with van der Waals surface area (Å²) >= 11 is 0. The molecule has 0 aromatic heterocycles. The van der Waals surface area contributed by atoms with Crippen molar-refractivity contribution in [3.8, 4) is 0 Å². The van der Waals surface area contributed by atoms with Gasteiger partial charge in [0, 0.05) is 13.0 Å². The minimum Gasteiger partial charge on any atom is -0.457 e. The van der Waals surface area contributed by atoms with E-state index in [1.54, 1.807) is 0 Å². The van der Waals surface area contributed by atoms with Crippen LogP contribution in [-0.2, 0) is 27.9 Å². The molecule has 12 nitrogen and oxygen atoms in total. The molecule has 13 heteroatoms. The largest absolute Gasteiger partial charge is 0.472 e. The monoisotopic (exact) mass is 989 g/mol. The first-order valence-electron chi connectivity index (χ1n) is 28.2. The van der Waals surface area contributed by atoms with Crippen LogP contribution in [0.1, 0.15) is 258 Å². The van der Waals surface area contributed by atoms with Crippen molar-refractivity contribution in [3.05, 3.63) is 24.3 Å². The highest BCUT2D eigenvalue weighted by Gasteiger charge is 2.51. The van der Waals surface area contributed by atoms with Crippen LogP contribution < -0.4 is 0 Å². The molecule has 0 amide bonds. The van der Waals surface area contributed by atoms with E-state index in [9.17, 15) is 39.8 Å². The van der Waals surface area contributed by atoms with Gasteiger partial charge in [-0.25, -0.2) is 4.57 Å². The van der Waals surface area contributed by atoms with Gasteiger partial charge in [0.1, 0.15) is 42.7 Å². The fourth-order valence-corrected chi connectivity index (χ4v) is 9.83. The SMILES string of the molecule is CCCCCCC/C=C\C/C=C\CCCCCCCCCCCCOCC(COP(=O)(O)OC1C(O)C(O)C(O)C(O)C1O)OC(=O)CCCCCCCCCCCCCCCCCCCCC. The van der Waals surface area contributed by atoms with Crippen LogP contribution >= 0.6 is 7.82 Å². The lowest BCUT2D eigenvalue weighted by molar-refractivity contribution is -0.220. The van der Waals surface area contributed by atoms with Gasteiger partial charge in [-0.2, -0.15) is 0 Å². The highest BCUT2D eigenvalue weighted by Crippen LogP contribution is 2.47. The number of ether oxygens (including phenoxy) is 2. The topological polar surface area (TPSA) is 192 Å². The third-order valence-corrected chi connectivity index (χ3v) is 14.3. The Bertz CT molecular complexity index is 1220.